The molecular formula is C19H22ClN3O2. The maximum Gasteiger partial charge on any atom is 0.244 e. The van der Waals surface area contributed by atoms with Crippen molar-refractivity contribution in [1.29, 1.82) is 0 Å². The normalized spacial score (nSPS) is 11.9. The standard InChI is InChI=1S/C19H22ClN3O2/c1-22(2)19(25)18(14-9-5-4-6-10-14)23(3)13-17(24)21-16-12-8-7-11-15(16)20/h4-12,18H,13H2,1-3H3,(H,21,24). The minimum atomic E-state index is -0.534. The zero-order chi connectivity index (χ0) is 18.4. The number of carbonyl (C=O) groups is 2. The van der Waals surface area contributed by atoms with Crippen LogP contribution in [0.25, 0.3) is 0 Å². The summed E-state index contributed by atoms with van der Waals surface area (Å²) in [6, 6.07) is 15.9. The lowest BCUT2D eigenvalue weighted by molar-refractivity contribution is -0.134. The molecule has 5 nitrogen and oxygen atoms in total. The first-order chi connectivity index (χ1) is 11.9. The van der Waals surface area contributed by atoms with Crippen LogP contribution in [0.15, 0.2) is 54.6 Å². The Kier molecular flexibility index (Phi) is 6.56. The van der Waals surface area contributed by atoms with Crippen LogP contribution < -0.4 is 5.32 Å². The molecule has 2 aromatic rings. The van der Waals surface area contributed by atoms with Gasteiger partial charge in [-0.2, -0.15) is 0 Å². The molecule has 0 radical (unpaired) electrons. The fraction of sp³-hybridized carbons (Fsp3) is 0.263. The van der Waals surface area contributed by atoms with E-state index in [1.165, 1.54) is 4.90 Å². The van der Waals surface area contributed by atoms with Crippen molar-refractivity contribution in [2.45, 2.75) is 6.04 Å². The van der Waals surface area contributed by atoms with E-state index in [-0.39, 0.29) is 18.4 Å². The summed E-state index contributed by atoms with van der Waals surface area (Å²) in [5.74, 6) is -0.317. The van der Waals surface area contributed by atoms with Crippen molar-refractivity contribution in [2.24, 2.45) is 0 Å². The van der Waals surface area contributed by atoms with Gasteiger partial charge in [-0.05, 0) is 24.7 Å². The number of nitrogens with zero attached hydrogens (tertiary/aromatic N) is 2. The lowest BCUT2D eigenvalue weighted by Gasteiger charge is -2.29. The third-order valence-corrected chi connectivity index (χ3v) is 4.10. The van der Waals surface area contributed by atoms with Crippen LogP contribution in [0.3, 0.4) is 0 Å². The third-order valence-electron chi connectivity index (χ3n) is 3.77. The average molecular weight is 360 g/mol. The Morgan fingerprint density at radius 3 is 2.20 bits per heavy atom. The maximum atomic E-state index is 12.6. The monoisotopic (exact) mass is 359 g/mol. The fourth-order valence-electron chi connectivity index (χ4n) is 2.54. The largest absolute Gasteiger partial charge is 0.347 e. The second-order valence-electron chi connectivity index (χ2n) is 5.99. The van der Waals surface area contributed by atoms with Crippen molar-refractivity contribution in [3.8, 4) is 0 Å². The Morgan fingerprint density at radius 2 is 1.60 bits per heavy atom. The minimum Gasteiger partial charge on any atom is -0.347 e. The highest BCUT2D eigenvalue weighted by molar-refractivity contribution is 6.33. The predicted octanol–water partition coefficient (Wildman–Crippen LogP) is 3.04. The molecule has 132 valence electrons. The lowest BCUT2D eigenvalue weighted by Crippen LogP contribution is -2.41. The van der Waals surface area contributed by atoms with Gasteiger partial charge in [-0.25, -0.2) is 0 Å². The molecule has 0 heterocycles. The molecule has 0 spiro atoms. The van der Waals surface area contributed by atoms with Crippen molar-refractivity contribution < 1.29 is 9.59 Å². The van der Waals surface area contributed by atoms with Gasteiger partial charge < -0.3 is 10.2 Å². The summed E-state index contributed by atoms with van der Waals surface area (Å²) in [7, 11) is 5.16. The van der Waals surface area contributed by atoms with Crippen molar-refractivity contribution in [3.63, 3.8) is 0 Å². The molecule has 2 rings (SSSR count). The van der Waals surface area contributed by atoms with Crippen molar-refractivity contribution >= 4 is 29.1 Å². The van der Waals surface area contributed by atoms with Crippen LogP contribution in [0.1, 0.15) is 11.6 Å². The van der Waals surface area contributed by atoms with E-state index in [1.54, 1.807) is 50.3 Å². The first-order valence-electron chi connectivity index (χ1n) is 7.91. The number of benzene rings is 2. The average Bonchev–Trinajstić information content (AvgIpc) is 2.58. The van der Waals surface area contributed by atoms with Crippen LogP contribution >= 0.6 is 11.6 Å². The number of carbonyl (C=O) groups excluding carboxylic acids is 2. The number of para-hydroxylation sites is 1. The number of anilines is 1. The second kappa shape index (κ2) is 8.65. The van der Waals surface area contributed by atoms with Gasteiger partial charge in [0.05, 0.1) is 17.3 Å². The quantitative estimate of drug-likeness (QED) is 0.862. The van der Waals surface area contributed by atoms with Gasteiger partial charge in [0, 0.05) is 14.1 Å². The molecule has 0 aliphatic rings. The molecule has 0 saturated carbocycles. The molecule has 1 atom stereocenters. The maximum absolute atomic E-state index is 12.6. The van der Waals surface area contributed by atoms with Gasteiger partial charge in [0.25, 0.3) is 0 Å². The lowest BCUT2D eigenvalue weighted by atomic mass is 10.0. The van der Waals surface area contributed by atoms with Gasteiger partial charge in [0.2, 0.25) is 11.8 Å². The molecule has 0 saturated heterocycles. The molecule has 2 aromatic carbocycles. The number of likely N-dealkylation sites (N-methyl/N-ethyl adjacent to an activating group) is 2. The van der Waals surface area contributed by atoms with E-state index in [0.29, 0.717) is 10.7 Å². The Hall–Kier alpha value is -2.37. The second-order valence-corrected chi connectivity index (χ2v) is 6.40. The number of rotatable bonds is 6. The predicted molar refractivity (Wildman–Crippen MR) is 101 cm³/mol. The topological polar surface area (TPSA) is 52.7 Å². The van der Waals surface area contributed by atoms with E-state index in [0.717, 1.165) is 5.56 Å². The van der Waals surface area contributed by atoms with Crippen LogP contribution in [-0.4, -0.2) is 49.3 Å². The highest BCUT2D eigenvalue weighted by Crippen LogP contribution is 2.23. The molecule has 2 amide bonds. The molecule has 6 heteroatoms. The first-order valence-corrected chi connectivity index (χ1v) is 8.28. The van der Waals surface area contributed by atoms with Gasteiger partial charge in [0.15, 0.2) is 0 Å². The number of hydrogen-bond donors (Lipinski definition) is 1. The Balaban J connectivity index is 2.14. The number of halogens is 1. The summed E-state index contributed by atoms with van der Waals surface area (Å²) >= 11 is 6.07. The molecule has 0 fully saturated rings. The van der Waals surface area contributed by atoms with E-state index in [2.05, 4.69) is 5.32 Å². The summed E-state index contributed by atoms with van der Waals surface area (Å²) in [5, 5.41) is 3.25. The zero-order valence-corrected chi connectivity index (χ0v) is 15.3. The summed E-state index contributed by atoms with van der Waals surface area (Å²) in [6.07, 6.45) is 0. The molecule has 1 unspecified atom stereocenters. The van der Waals surface area contributed by atoms with E-state index in [1.807, 2.05) is 30.3 Å². The third kappa shape index (κ3) is 5.05. The molecule has 25 heavy (non-hydrogen) atoms. The smallest absolute Gasteiger partial charge is 0.244 e. The molecule has 1 N–H and O–H groups in total. The van der Waals surface area contributed by atoms with E-state index in [9.17, 15) is 9.59 Å². The highest BCUT2D eigenvalue weighted by Gasteiger charge is 2.27. The van der Waals surface area contributed by atoms with Crippen LogP contribution in [0.4, 0.5) is 5.69 Å². The SMILES string of the molecule is CN(C)C(=O)C(c1ccccc1)N(C)CC(=O)Nc1ccccc1Cl. The number of amides is 2. The Bertz CT molecular complexity index is 734. The molecule has 0 aliphatic carbocycles. The summed E-state index contributed by atoms with van der Waals surface area (Å²) < 4.78 is 0. The van der Waals surface area contributed by atoms with Gasteiger partial charge in [0.1, 0.15) is 6.04 Å². The molecule has 0 aliphatic heterocycles. The van der Waals surface area contributed by atoms with Crippen LogP contribution in [0.5, 0.6) is 0 Å². The number of nitrogens with one attached hydrogen (secondary N) is 1. The van der Waals surface area contributed by atoms with Crippen molar-refractivity contribution in [3.05, 3.63) is 65.2 Å². The first kappa shape index (κ1) is 19.0. The van der Waals surface area contributed by atoms with E-state index < -0.39 is 6.04 Å². The van der Waals surface area contributed by atoms with Gasteiger partial charge >= 0.3 is 0 Å². The van der Waals surface area contributed by atoms with E-state index in [4.69, 9.17) is 11.6 Å². The van der Waals surface area contributed by atoms with Crippen molar-refractivity contribution in [1.82, 2.24) is 9.80 Å². The minimum absolute atomic E-state index is 0.0599. The van der Waals surface area contributed by atoms with Gasteiger partial charge in [-0.3, -0.25) is 14.5 Å². The summed E-state index contributed by atoms with van der Waals surface area (Å²) in [4.78, 5) is 28.2. The van der Waals surface area contributed by atoms with Gasteiger partial charge in [-0.15, -0.1) is 0 Å². The zero-order valence-electron chi connectivity index (χ0n) is 14.6. The van der Waals surface area contributed by atoms with Crippen LogP contribution in [0.2, 0.25) is 5.02 Å². The van der Waals surface area contributed by atoms with Crippen molar-refractivity contribution in [2.75, 3.05) is 33.0 Å². The summed E-state index contributed by atoms with van der Waals surface area (Å²) in [6.45, 7) is 0.0599. The molecule has 0 aromatic heterocycles. The van der Waals surface area contributed by atoms with Crippen LogP contribution in [0, 0.1) is 0 Å². The van der Waals surface area contributed by atoms with Gasteiger partial charge in [-0.1, -0.05) is 54.1 Å². The highest BCUT2D eigenvalue weighted by atomic mass is 35.5. The fourth-order valence-corrected chi connectivity index (χ4v) is 2.72. The molecular weight excluding hydrogens is 338 g/mol. The summed E-state index contributed by atoms with van der Waals surface area (Å²) in [5.41, 5.74) is 1.40. The Morgan fingerprint density at radius 1 is 1.00 bits per heavy atom. The molecule has 0 bridgehead atoms. The Labute approximate surface area is 153 Å². The number of hydrogen-bond acceptors (Lipinski definition) is 3. The van der Waals surface area contributed by atoms with Crippen LogP contribution in [-0.2, 0) is 9.59 Å². The van der Waals surface area contributed by atoms with E-state index >= 15 is 0 Å².